The molecular formula is C14H18N2O. The summed E-state index contributed by atoms with van der Waals surface area (Å²) < 4.78 is 7.61. The van der Waals surface area contributed by atoms with Crippen LogP contribution in [0.4, 0.5) is 0 Å². The van der Waals surface area contributed by atoms with Crippen LogP contribution in [-0.4, -0.2) is 9.78 Å². The summed E-state index contributed by atoms with van der Waals surface area (Å²) in [5, 5.41) is 4.39. The monoisotopic (exact) mass is 230 g/mol. The Morgan fingerprint density at radius 2 is 1.94 bits per heavy atom. The van der Waals surface area contributed by atoms with Crippen molar-refractivity contribution >= 4 is 0 Å². The van der Waals surface area contributed by atoms with Gasteiger partial charge in [-0.3, -0.25) is 4.68 Å². The summed E-state index contributed by atoms with van der Waals surface area (Å²) in [6, 6.07) is 10.2. The maximum absolute atomic E-state index is 5.72. The van der Waals surface area contributed by atoms with E-state index < -0.39 is 0 Å². The Labute approximate surface area is 102 Å². The molecule has 3 heteroatoms. The topological polar surface area (TPSA) is 27.1 Å². The first-order valence-corrected chi connectivity index (χ1v) is 5.90. The third-order valence-corrected chi connectivity index (χ3v) is 2.80. The Bertz CT molecular complexity index is 485. The fourth-order valence-corrected chi connectivity index (χ4v) is 1.67. The average molecular weight is 230 g/mol. The third-order valence-electron chi connectivity index (χ3n) is 2.80. The van der Waals surface area contributed by atoms with Gasteiger partial charge >= 0.3 is 0 Å². The van der Waals surface area contributed by atoms with E-state index >= 15 is 0 Å². The van der Waals surface area contributed by atoms with Crippen molar-refractivity contribution in [2.75, 3.05) is 0 Å². The van der Waals surface area contributed by atoms with Crippen LogP contribution in [-0.2, 0) is 20.1 Å². The molecule has 2 rings (SSSR count). The van der Waals surface area contributed by atoms with E-state index in [1.807, 2.05) is 23.9 Å². The van der Waals surface area contributed by atoms with Crippen molar-refractivity contribution in [3.05, 3.63) is 47.3 Å². The maximum atomic E-state index is 5.72. The highest BCUT2D eigenvalue weighted by atomic mass is 16.5. The highest BCUT2D eigenvalue weighted by molar-refractivity contribution is 5.26. The van der Waals surface area contributed by atoms with Gasteiger partial charge in [0, 0.05) is 7.05 Å². The predicted octanol–water partition coefficient (Wildman–Crippen LogP) is 2.87. The molecule has 0 amide bonds. The summed E-state index contributed by atoms with van der Waals surface area (Å²) in [6.07, 6.45) is 0.957. The van der Waals surface area contributed by atoms with Crippen LogP contribution in [0.2, 0.25) is 0 Å². The Morgan fingerprint density at radius 1 is 1.24 bits per heavy atom. The molecule has 0 spiro atoms. The van der Waals surface area contributed by atoms with Crippen LogP contribution < -0.4 is 4.74 Å². The van der Waals surface area contributed by atoms with Crippen LogP contribution in [0, 0.1) is 6.92 Å². The second-order valence-corrected chi connectivity index (χ2v) is 4.21. The molecule has 0 aliphatic rings. The van der Waals surface area contributed by atoms with Gasteiger partial charge in [0.05, 0.1) is 11.4 Å². The van der Waals surface area contributed by atoms with Crippen molar-refractivity contribution in [3.8, 4) is 5.75 Å². The Kier molecular flexibility index (Phi) is 3.47. The van der Waals surface area contributed by atoms with E-state index in [9.17, 15) is 0 Å². The molecule has 0 unspecified atom stereocenters. The summed E-state index contributed by atoms with van der Waals surface area (Å²) in [6.45, 7) is 4.73. The lowest BCUT2D eigenvalue weighted by atomic mass is 10.2. The third kappa shape index (κ3) is 2.87. The lowest BCUT2D eigenvalue weighted by Gasteiger charge is -2.06. The van der Waals surface area contributed by atoms with Gasteiger partial charge in [-0.2, -0.15) is 5.10 Å². The quantitative estimate of drug-likeness (QED) is 0.807. The average Bonchev–Trinajstić information content (AvgIpc) is 2.69. The standard InChI is InChI=1S/C14H18N2O/c1-4-12-9-13(16(3)15-12)10-17-14-7-5-11(2)6-8-14/h5-9H,4,10H2,1-3H3. The molecule has 1 aromatic carbocycles. The smallest absolute Gasteiger partial charge is 0.130 e. The SMILES string of the molecule is CCc1cc(COc2ccc(C)cc2)n(C)n1. The number of rotatable bonds is 4. The number of ether oxygens (including phenoxy) is 1. The molecule has 0 aliphatic heterocycles. The zero-order chi connectivity index (χ0) is 12.3. The first kappa shape index (κ1) is 11.7. The van der Waals surface area contributed by atoms with Crippen LogP contribution in [0.5, 0.6) is 5.75 Å². The number of hydrogen-bond acceptors (Lipinski definition) is 2. The fraction of sp³-hybridized carbons (Fsp3) is 0.357. The molecule has 0 radical (unpaired) electrons. The minimum atomic E-state index is 0.562. The number of benzene rings is 1. The first-order valence-electron chi connectivity index (χ1n) is 5.90. The van der Waals surface area contributed by atoms with E-state index in [-0.39, 0.29) is 0 Å². The first-order chi connectivity index (χ1) is 8.19. The van der Waals surface area contributed by atoms with Gasteiger partial charge in [0.25, 0.3) is 0 Å². The molecule has 0 atom stereocenters. The molecule has 0 N–H and O–H groups in total. The highest BCUT2D eigenvalue weighted by Crippen LogP contribution is 2.14. The molecule has 0 aliphatic carbocycles. The molecule has 0 saturated heterocycles. The Balaban J connectivity index is 2.01. The molecule has 3 nitrogen and oxygen atoms in total. The molecule has 17 heavy (non-hydrogen) atoms. The van der Waals surface area contributed by atoms with Crippen LogP contribution in [0.25, 0.3) is 0 Å². The molecule has 1 heterocycles. The van der Waals surface area contributed by atoms with E-state index in [1.165, 1.54) is 5.56 Å². The van der Waals surface area contributed by atoms with E-state index in [1.54, 1.807) is 0 Å². The zero-order valence-corrected chi connectivity index (χ0v) is 10.6. The van der Waals surface area contributed by atoms with E-state index in [2.05, 4.69) is 37.1 Å². The van der Waals surface area contributed by atoms with Crippen molar-refractivity contribution in [2.24, 2.45) is 7.05 Å². The molecule has 0 saturated carbocycles. The molecule has 90 valence electrons. The lowest BCUT2D eigenvalue weighted by Crippen LogP contribution is -2.02. The van der Waals surface area contributed by atoms with Crippen LogP contribution in [0.3, 0.4) is 0 Å². The van der Waals surface area contributed by atoms with Gasteiger partial charge in [-0.05, 0) is 31.5 Å². The van der Waals surface area contributed by atoms with Crippen molar-refractivity contribution < 1.29 is 4.74 Å². The molecular weight excluding hydrogens is 212 g/mol. The molecule has 2 aromatic rings. The Morgan fingerprint density at radius 3 is 2.53 bits per heavy atom. The molecule has 0 bridgehead atoms. The van der Waals surface area contributed by atoms with Crippen molar-refractivity contribution in [3.63, 3.8) is 0 Å². The van der Waals surface area contributed by atoms with Gasteiger partial charge in [0.15, 0.2) is 0 Å². The predicted molar refractivity (Wildman–Crippen MR) is 68.1 cm³/mol. The highest BCUT2D eigenvalue weighted by Gasteiger charge is 2.04. The van der Waals surface area contributed by atoms with Gasteiger partial charge in [-0.1, -0.05) is 24.6 Å². The largest absolute Gasteiger partial charge is 0.487 e. The fourth-order valence-electron chi connectivity index (χ4n) is 1.67. The zero-order valence-electron chi connectivity index (χ0n) is 10.6. The summed E-state index contributed by atoms with van der Waals surface area (Å²) in [4.78, 5) is 0. The summed E-state index contributed by atoms with van der Waals surface area (Å²) in [7, 11) is 1.95. The molecule has 0 fully saturated rings. The van der Waals surface area contributed by atoms with E-state index in [0.29, 0.717) is 6.61 Å². The van der Waals surface area contributed by atoms with Crippen LogP contribution >= 0.6 is 0 Å². The summed E-state index contributed by atoms with van der Waals surface area (Å²) in [5.41, 5.74) is 3.45. The second-order valence-electron chi connectivity index (χ2n) is 4.21. The minimum absolute atomic E-state index is 0.562. The lowest BCUT2D eigenvalue weighted by molar-refractivity contribution is 0.295. The number of hydrogen-bond donors (Lipinski definition) is 0. The number of aryl methyl sites for hydroxylation is 3. The van der Waals surface area contributed by atoms with Crippen molar-refractivity contribution in [1.82, 2.24) is 9.78 Å². The van der Waals surface area contributed by atoms with Crippen molar-refractivity contribution in [2.45, 2.75) is 26.9 Å². The number of aromatic nitrogens is 2. The summed E-state index contributed by atoms with van der Waals surface area (Å²) in [5.74, 6) is 0.898. The van der Waals surface area contributed by atoms with Crippen LogP contribution in [0.15, 0.2) is 30.3 Å². The normalized spacial score (nSPS) is 10.5. The van der Waals surface area contributed by atoms with E-state index in [0.717, 1.165) is 23.6 Å². The van der Waals surface area contributed by atoms with Crippen molar-refractivity contribution in [1.29, 1.82) is 0 Å². The van der Waals surface area contributed by atoms with Gasteiger partial charge in [0.2, 0.25) is 0 Å². The van der Waals surface area contributed by atoms with Crippen LogP contribution in [0.1, 0.15) is 23.9 Å². The van der Waals surface area contributed by atoms with Gasteiger partial charge in [0.1, 0.15) is 12.4 Å². The van der Waals surface area contributed by atoms with Gasteiger partial charge < -0.3 is 4.74 Å². The number of nitrogens with zero attached hydrogens (tertiary/aromatic N) is 2. The maximum Gasteiger partial charge on any atom is 0.130 e. The Hall–Kier alpha value is -1.77. The second kappa shape index (κ2) is 5.04. The van der Waals surface area contributed by atoms with E-state index in [4.69, 9.17) is 4.74 Å². The molecule has 1 aromatic heterocycles. The van der Waals surface area contributed by atoms with Gasteiger partial charge in [-0.25, -0.2) is 0 Å². The summed E-state index contributed by atoms with van der Waals surface area (Å²) >= 11 is 0. The minimum Gasteiger partial charge on any atom is -0.487 e. The van der Waals surface area contributed by atoms with Gasteiger partial charge in [-0.15, -0.1) is 0 Å².